The number of sulfonamides is 1. The van der Waals surface area contributed by atoms with Crippen molar-refractivity contribution in [3.05, 3.63) is 78.4 Å². The van der Waals surface area contributed by atoms with Crippen LogP contribution in [0.15, 0.2) is 72.1 Å². The lowest BCUT2D eigenvalue weighted by molar-refractivity contribution is -0.120. The highest BCUT2D eigenvalue weighted by atomic mass is 32.2. The van der Waals surface area contributed by atoms with E-state index >= 15 is 0 Å². The fourth-order valence-electron chi connectivity index (χ4n) is 4.41. The molecule has 3 atom stereocenters. The summed E-state index contributed by atoms with van der Waals surface area (Å²) < 4.78 is 33.5. The van der Waals surface area contributed by atoms with E-state index < -0.39 is 16.3 Å². The van der Waals surface area contributed by atoms with Gasteiger partial charge in [-0.1, -0.05) is 36.9 Å². The molecule has 0 radical (unpaired) electrons. The zero-order chi connectivity index (χ0) is 24.3. The van der Waals surface area contributed by atoms with E-state index in [1.165, 1.54) is 22.5 Å². The van der Waals surface area contributed by atoms with Gasteiger partial charge >= 0.3 is 0 Å². The van der Waals surface area contributed by atoms with Crippen LogP contribution < -0.4 is 5.32 Å². The minimum absolute atomic E-state index is 0.0176. The summed E-state index contributed by atoms with van der Waals surface area (Å²) in [5.74, 6) is -0.449. The number of fused-ring (bicyclic) bond motifs is 1. The van der Waals surface area contributed by atoms with Crippen LogP contribution in [0.4, 0.5) is 0 Å². The first-order valence-electron chi connectivity index (χ1n) is 11.3. The molecule has 2 amide bonds. The molecule has 0 aromatic heterocycles. The summed E-state index contributed by atoms with van der Waals surface area (Å²) in [5.41, 5.74) is 1.59. The van der Waals surface area contributed by atoms with Crippen molar-refractivity contribution in [1.82, 2.24) is 14.5 Å². The van der Waals surface area contributed by atoms with E-state index in [4.69, 9.17) is 4.74 Å². The Labute approximate surface area is 200 Å². The molecule has 2 fully saturated rings. The fourth-order valence-corrected chi connectivity index (χ4v) is 5.92. The highest BCUT2D eigenvalue weighted by molar-refractivity contribution is 7.89. The Balaban J connectivity index is 1.34. The smallest absolute Gasteiger partial charge is 0.253 e. The Kier molecular flexibility index (Phi) is 7.16. The van der Waals surface area contributed by atoms with Crippen LogP contribution in [-0.2, 0) is 26.0 Å². The molecule has 0 bridgehead atoms. The van der Waals surface area contributed by atoms with Crippen molar-refractivity contribution < 1.29 is 22.7 Å². The molecule has 8 nitrogen and oxygen atoms in total. The van der Waals surface area contributed by atoms with Gasteiger partial charge in [-0.25, -0.2) is 8.42 Å². The van der Waals surface area contributed by atoms with Crippen LogP contribution in [0, 0.1) is 5.92 Å². The molecule has 4 rings (SSSR count). The summed E-state index contributed by atoms with van der Waals surface area (Å²) >= 11 is 0. The first-order valence-corrected chi connectivity index (χ1v) is 12.7. The van der Waals surface area contributed by atoms with Crippen LogP contribution >= 0.6 is 0 Å². The maximum atomic E-state index is 13.1. The van der Waals surface area contributed by atoms with Gasteiger partial charge in [0.15, 0.2) is 0 Å². The quantitative estimate of drug-likeness (QED) is 0.580. The summed E-state index contributed by atoms with van der Waals surface area (Å²) in [6.45, 7) is 4.55. The van der Waals surface area contributed by atoms with Crippen LogP contribution in [-0.4, -0.2) is 68.5 Å². The predicted octanol–water partition coefficient (Wildman–Crippen LogP) is 2.04. The van der Waals surface area contributed by atoms with E-state index in [9.17, 15) is 18.0 Å². The third-order valence-corrected chi connectivity index (χ3v) is 8.20. The van der Waals surface area contributed by atoms with Gasteiger partial charge in [-0.05, 0) is 48.7 Å². The Hall–Kier alpha value is -3.01. The highest BCUT2D eigenvalue weighted by Gasteiger charge is 2.46. The van der Waals surface area contributed by atoms with Crippen molar-refractivity contribution in [2.45, 2.75) is 30.1 Å². The van der Waals surface area contributed by atoms with E-state index in [-0.39, 0.29) is 35.3 Å². The van der Waals surface area contributed by atoms with Crippen LogP contribution in [0.25, 0.3) is 0 Å². The van der Waals surface area contributed by atoms with Crippen molar-refractivity contribution in [2.24, 2.45) is 5.92 Å². The molecule has 180 valence electrons. The summed E-state index contributed by atoms with van der Waals surface area (Å²) in [7, 11) is -1.97. The number of nitrogens with one attached hydrogen (secondary N) is 1. The first-order chi connectivity index (χ1) is 16.3. The number of carbonyl (C=O) groups excluding carboxylic acids is 2. The number of hydrogen-bond donors (Lipinski definition) is 1. The normalized spacial score (nSPS) is 22.2. The van der Waals surface area contributed by atoms with Crippen LogP contribution in [0.5, 0.6) is 0 Å². The molecule has 2 aromatic rings. The zero-order valence-electron chi connectivity index (χ0n) is 19.1. The molecule has 2 heterocycles. The third-order valence-electron chi connectivity index (χ3n) is 6.36. The molecule has 1 N–H and O–H groups in total. The Bertz CT molecular complexity index is 1140. The van der Waals surface area contributed by atoms with Crippen LogP contribution in [0.2, 0.25) is 0 Å². The number of nitrogens with zero attached hydrogens (tertiary/aromatic N) is 2. The minimum Gasteiger partial charge on any atom is -0.354 e. The molecular weight excluding hydrogens is 454 g/mol. The molecule has 2 aliphatic rings. The van der Waals surface area contributed by atoms with Gasteiger partial charge in [0.25, 0.3) is 5.91 Å². The largest absolute Gasteiger partial charge is 0.354 e. The minimum atomic E-state index is -3.71. The fraction of sp³-hybridized carbons (Fsp3) is 0.360. The standard InChI is InChI=1S/C25H29N3O5S/c1-3-23(29)26-24-15-20-16-28(17-22(20)33-24)34(31,32)21-11-9-19(10-12-21)25(30)27(2)14-13-18-7-5-4-6-8-18/h3-12,20,22,24H,1,13-17H2,2H3,(H,26,29). The summed E-state index contributed by atoms with van der Waals surface area (Å²) in [6, 6.07) is 16.0. The molecule has 0 aliphatic carbocycles. The molecule has 2 aliphatic heterocycles. The number of carbonyl (C=O) groups is 2. The SMILES string of the molecule is C=CC(=O)NC1CC2CN(S(=O)(=O)c3ccc(C(=O)N(C)CCc4ccccc4)cc3)CC2O1. The topological polar surface area (TPSA) is 96.0 Å². The van der Waals surface area contributed by atoms with Gasteiger partial charge in [0.05, 0.1) is 11.0 Å². The Morgan fingerprint density at radius 1 is 1.15 bits per heavy atom. The number of amides is 2. The maximum Gasteiger partial charge on any atom is 0.253 e. The number of rotatable bonds is 8. The molecule has 2 aromatic carbocycles. The second kappa shape index (κ2) is 10.1. The first kappa shape index (κ1) is 24.1. The van der Waals surface area contributed by atoms with E-state index in [2.05, 4.69) is 11.9 Å². The zero-order valence-corrected chi connectivity index (χ0v) is 19.9. The van der Waals surface area contributed by atoms with Gasteiger partial charge in [-0.3, -0.25) is 9.59 Å². The molecule has 34 heavy (non-hydrogen) atoms. The number of likely N-dealkylation sites (N-methyl/N-ethyl adjacent to an activating group) is 1. The van der Waals surface area contributed by atoms with Gasteiger partial charge in [0.2, 0.25) is 15.9 Å². The van der Waals surface area contributed by atoms with E-state index in [0.29, 0.717) is 25.1 Å². The third kappa shape index (κ3) is 5.22. The lowest BCUT2D eigenvalue weighted by Crippen LogP contribution is -2.37. The highest BCUT2D eigenvalue weighted by Crippen LogP contribution is 2.35. The van der Waals surface area contributed by atoms with Crippen molar-refractivity contribution in [3.63, 3.8) is 0 Å². The Morgan fingerprint density at radius 3 is 2.50 bits per heavy atom. The molecule has 9 heteroatoms. The summed E-state index contributed by atoms with van der Waals surface area (Å²) in [5, 5.41) is 2.70. The lowest BCUT2D eigenvalue weighted by atomic mass is 10.1. The summed E-state index contributed by atoms with van der Waals surface area (Å²) in [4.78, 5) is 26.0. The predicted molar refractivity (Wildman–Crippen MR) is 127 cm³/mol. The lowest BCUT2D eigenvalue weighted by Gasteiger charge is -2.20. The van der Waals surface area contributed by atoms with Crippen molar-refractivity contribution in [2.75, 3.05) is 26.7 Å². The summed E-state index contributed by atoms with van der Waals surface area (Å²) in [6.07, 6.45) is 1.80. The van der Waals surface area contributed by atoms with Gasteiger partial charge in [-0.15, -0.1) is 0 Å². The molecule has 2 saturated heterocycles. The average Bonchev–Trinajstić information content (AvgIpc) is 3.42. The maximum absolute atomic E-state index is 13.1. The van der Waals surface area contributed by atoms with Crippen molar-refractivity contribution in [1.29, 1.82) is 0 Å². The van der Waals surface area contributed by atoms with Gasteiger partial charge < -0.3 is 15.0 Å². The molecule has 0 spiro atoms. The Morgan fingerprint density at radius 2 is 1.85 bits per heavy atom. The van der Waals surface area contributed by atoms with E-state index in [0.717, 1.165) is 12.0 Å². The second-order valence-corrected chi connectivity index (χ2v) is 10.6. The molecule has 0 saturated carbocycles. The van der Waals surface area contributed by atoms with E-state index in [1.54, 1.807) is 24.1 Å². The van der Waals surface area contributed by atoms with E-state index in [1.807, 2.05) is 30.3 Å². The van der Waals surface area contributed by atoms with Crippen LogP contribution in [0.3, 0.4) is 0 Å². The van der Waals surface area contributed by atoms with Crippen LogP contribution in [0.1, 0.15) is 22.3 Å². The second-order valence-electron chi connectivity index (χ2n) is 8.68. The molecule has 3 unspecified atom stereocenters. The number of benzene rings is 2. The van der Waals surface area contributed by atoms with Gasteiger partial charge in [0.1, 0.15) is 6.23 Å². The van der Waals surface area contributed by atoms with Crippen molar-refractivity contribution in [3.8, 4) is 0 Å². The molecular formula is C25H29N3O5S. The average molecular weight is 484 g/mol. The van der Waals surface area contributed by atoms with Gasteiger partial charge in [0, 0.05) is 38.2 Å². The monoisotopic (exact) mass is 483 g/mol. The van der Waals surface area contributed by atoms with Gasteiger partial charge in [-0.2, -0.15) is 4.31 Å². The van der Waals surface area contributed by atoms with Crippen molar-refractivity contribution >= 4 is 21.8 Å². The number of hydrogen-bond acceptors (Lipinski definition) is 5. The number of ether oxygens (including phenoxy) is 1.